The van der Waals surface area contributed by atoms with Crippen LogP contribution in [0.25, 0.3) is 15.4 Å². The molecule has 2 amide bonds. The lowest BCUT2D eigenvalue weighted by atomic mass is 10.1. The van der Waals surface area contributed by atoms with Gasteiger partial charge in [-0.25, -0.2) is 9.37 Å². The Labute approximate surface area is 234 Å². The molecule has 2 aromatic carbocycles. The van der Waals surface area contributed by atoms with E-state index in [1.54, 1.807) is 57.4 Å². The van der Waals surface area contributed by atoms with E-state index in [1.165, 1.54) is 22.3 Å². The Kier molecular flexibility index (Phi) is 6.36. The number of carbonyl (C=O) groups is 2. The summed E-state index contributed by atoms with van der Waals surface area (Å²) in [5.74, 6) is 5.30. The van der Waals surface area contributed by atoms with Gasteiger partial charge in [-0.3, -0.25) is 14.0 Å². The van der Waals surface area contributed by atoms with Gasteiger partial charge in [0.05, 0.1) is 10.6 Å². The standard InChI is InChI=1S/C30H27FN4O4S/c1-30(2,38)13-12-17-8-11-24-23(14-17)34(3)28(37)22(16-39-24)32-27(36)21-15-35-25(18-9-10-18)26(40-29(35)33-21)19-6-4-5-7-20(19)31/h4-8,11,14-15,18,22,38H,9-10,16H2,1-3H3,(H,32,36)/t22-/m0/s1. The van der Waals surface area contributed by atoms with Crippen LogP contribution in [0.3, 0.4) is 0 Å². The van der Waals surface area contributed by atoms with Gasteiger partial charge in [0.2, 0.25) is 0 Å². The molecule has 10 heteroatoms. The van der Waals surface area contributed by atoms with Gasteiger partial charge in [-0.05, 0) is 51.0 Å². The van der Waals surface area contributed by atoms with Gasteiger partial charge in [0.1, 0.15) is 35.5 Å². The zero-order chi connectivity index (χ0) is 28.2. The van der Waals surface area contributed by atoms with Crippen molar-refractivity contribution < 1.29 is 23.8 Å². The molecule has 204 valence electrons. The van der Waals surface area contributed by atoms with E-state index in [9.17, 15) is 19.1 Å². The second kappa shape index (κ2) is 9.77. The summed E-state index contributed by atoms with van der Waals surface area (Å²) in [6.45, 7) is 3.13. The summed E-state index contributed by atoms with van der Waals surface area (Å²) >= 11 is 1.35. The third-order valence-corrected chi connectivity index (χ3v) is 7.95. The number of benzene rings is 2. The molecule has 8 nitrogen and oxygen atoms in total. The molecule has 1 aliphatic carbocycles. The maximum Gasteiger partial charge on any atom is 0.272 e. The van der Waals surface area contributed by atoms with Crippen LogP contribution in [0.2, 0.25) is 0 Å². The Balaban J connectivity index is 1.24. The van der Waals surface area contributed by atoms with Crippen molar-refractivity contribution in [2.45, 2.75) is 44.2 Å². The molecule has 0 saturated heterocycles. The van der Waals surface area contributed by atoms with Gasteiger partial charge in [0.25, 0.3) is 11.8 Å². The van der Waals surface area contributed by atoms with Crippen LogP contribution in [-0.4, -0.2) is 51.6 Å². The van der Waals surface area contributed by atoms with Crippen molar-refractivity contribution in [1.29, 1.82) is 0 Å². The fraction of sp³-hybridized carbons (Fsp3) is 0.300. The predicted octanol–water partition coefficient (Wildman–Crippen LogP) is 4.36. The Bertz CT molecular complexity index is 1720. The van der Waals surface area contributed by atoms with Crippen LogP contribution in [0.5, 0.6) is 5.75 Å². The number of aliphatic hydroxyl groups is 1. The number of hydrogen-bond acceptors (Lipinski definition) is 6. The van der Waals surface area contributed by atoms with Gasteiger partial charge < -0.3 is 20.1 Å². The molecule has 1 aliphatic heterocycles. The Hall–Kier alpha value is -4.20. The van der Waals surface area contributed by atoms with E-state index in [2.05, 4.69) is 22.1 Å². The SMILES string of the molecule is CN1C(=O)[C@@H](NC(=O)c2cn3c(C4CC4)c(-c4ccccc4F)sc3n2)COc2ccc(C#CC(C)(C)O)cc21. The minimum absolute atomic E-state index is 0.0520. The number of amides is 2. The normalized spacial score (nSPS) is 17.1. The highest BCUT2D eigenvalue weighted by atomic mass is 32.1. The molecule has 1 atom stereocenters. The van der Waals surface area contributed by atoms with Crippen molar-refractivity contribution in [3.8, 4) is 28.0 Å². The summed E-state index contributed by atoms with van der Waals surface area (Å²) < 4.78 is 22.4. The first kappa shape index (κ1) is 26.0. The number of rotatable bonds is 4. The summed E-state index contributed by atoms with van der Waals surface area (Å²) in [4.78, 5) is 33.9. The average Bonchev–Trinajstić information content (AvgIpc) is 3.59. The summed E-state index contributed by atoms with van der Waals surface area (Å²) in [6, 6.07) is 10.9. The molecule has 3 heterocycles. The number of nitrogens with one attached hydrogen (secondary N) is 1. The largest absolute Gasteiger partial charge is 0.489 e. The van der Waals surface area contributed by atoms with Gasteiger partial charge >= 0.3 is 0 Å². The second-order valence-corrected chi connectivity index (χ2v) is 11.6. The molecule has 1 saturated carbocycles. The highest BCUT2D eigenvalue weighted by molar-refractivity contribution is 7.20. The first-order chi connectivity index (χ1) is 19.1. The van der Waals surface area contributed by atoms with E-state index < -0.39 is 17.6 Å². The Morgan fingerprint density at radius 2 is 2.02 bits per heavy atom. The van der Waals surface area contributed by atoms with Crippen molar-refractivity contribution in [2.24, 2.45) is 0 Å². The summed E-state index contributed by atoms with van der Waals surface area (Å²) in [5.41, 5.74) is 1.65. The quantitative estimate of drug-likeness (QED) is 0.363. The number of aromatic nitrogens is 2. The van der Waals surface area contributed by atoms with Crippen molar-refractivity contribution in [1.82, 2.24) is 14.7 Å². The maximum absolute atomic E-state index is 14.6. The lowest BCUT2D eigenvalue weighted by molar-refractivity contribution is -0.120. The molecule has 1 fully saturated rings. The number of thiazole rings is 1. The summed E-state index contributed by atoms with van der Waals surface area (Å²) in [7, 11) is 1.61. The average molecular weight is 559 g/mol. The van der Waals surface area contributed by atoms with Crippen LogP contribution in [0, 0.1) is 17.7 Å². The van der Waals surface area contributed by atoms with Crippen LogP contribution < -0.4 is 15.0 Å². The Morgan fingerprint density at radius 3 is 2.75 bits per heavy atom. The van der Waals surface area contributed by atoms with Gasteiger partial charge in [-0.15, -0.1) is 0 Å². The maximum atomic E-state index is 14.6. The number of fused-ring (bicyclic) bond motifs is 2. The molecular weight excluding hydrogens is 531 g/mol. The second-order valence-electron chi connectivity index (χ2n) is 10.6. The minimum Gasteiger partial charge on any atom is -0.489 e. The highest BCUT2D eigenvalue weighted by Crippen LogP contribution is 2.48. The van der Waals surface area contributed by atoms with Crippen LogP contribution in [0.4, 0.5) is 10.1 Å². The Morgan fingerprint density at radius 1 is 1.25 bits per heavy atom. The third-order valence-electron chi connectivity index (χ3n) is 6.85. The van der Waals surface area contributed by atoms with Gasteiger partial charge in [-0.1, -0.05) is 41.4 Å². The molecule has 2 aliphatic rings. The lowest BCUT2D eigenvalue weighted by Gasteiger charge is -2.20. The first-order valence-corrected chi connectivity index (χ1v) is 13.8. The van der Waals surface area contributed by atoms with E-state index in [0.29, 0.717) is 27.5 Å². The highest BCUT2D eigenvalue weighted by Gasteiger charge is 2.34. The van der Waals surface area contributed by atoms with Crippen LogP contribution in [0.15, 0.2) is 48.7 Å². The van der Waals surface area contributed by atoms with Gasteiger partial charge in [0.15, 0.2) is 4.96 Å². The van der Waals surface area contributed by atoms with Crippen molar-refractivity contribution in [3.63, 3.8) is 0 Å². The number of carbonyl (C=O) groups excluding carboxylic acids is 2. The molecule has 0 spiro atoms. The van der Waals surface area contributed by atoms with E-state index in [4.69, 9.17) is 4.74 Å². The number of likely N-dealkylation sites (N-methyl/N-ethyl adjacent to an activating group) is 1. The van der Waals surface area contributed by atoms with Crippen molar-refractivity contribution in [3.05, 3.63) is 71.4 Å². The minimum atomic E-state index is -1.15. The molecule has 40 heavy (non-hydrogen) atoms. The predicted molar refractivity (Wildman–Crippen MR) is 150 cm³/mol. The van der Waals surface area contributed by atoms with Crippen LogP contribution >= 0.6 is 11.3 Å². The number of ether oxygens (including phenoxy) is 1. The summed E-state index contributed by atoms with van der Waals surface area (Å²) in [6.07, 6.45) is 3.66. The zero-order valence-corrected chi connectivity index (χ0v) is 23.0. The van der Waals surface area contributed by atoms with Gasteiger partial charge in [-0.2, -0.15) is 0 Å². The monoisotopic (exact) mass is 558 g/mol. The van der Waals surface area contributed by atoms with Crippen molar-refractivity contribution in [2.75, 3.05) is 18.6 Å². The fourth-order valence-electron chi connectivity index (χ4n) is 4.68. The zero-order valence-electron chi connectivity index (χ0n) is 22.2. The van der Waals surface area contributed by atoms with E-state index in [-0.39, 0.29) is 29.9 Å². The molecular formula is C30H27FN4O4S. The molecule has 0 unspecified atom stereocenters. The number of imidazole rings is 1. The van der Waals surface area contributed by atoms with E-state index in [1.807, 2.05) is 10.5 Å². The van der Waals surface area contributed by atoms with E-state index in [0.717, 1.165) is 23.4 Å². The van der Waals surface area contributed by atoms with Crippen molar-refractivity contribution >= 4 is 33.8 Å². The van der Waals surface area contributed by atoms with Gasteiger partial charge in [0, 0.05) is 36.0 Å². The first-order valence-electron chi connectivity index (χ1n) is 13.0. The van der Waals surface area contributed by atoms with Crippen LogP contribution in [0.1, 0.15) is 54.4 Å². The summed E-state index contributed by atoms with van der Waals surface area (Å²) in [5, 5.41) is 12.7. The number of halogens is 1. The number of hydrogen-bond donors (Lipinski definition) is 2. The number of nitrogens with zero attached hydrogens (tertiary/aromatic N) is 3. The van der Waals surface area contributed by atoms with E-state index >= 15 is 0 Å². The molecule has 2 N–H and O–H groups in total. The third kappa shape index (κ3) is 4.94. The molecule has 2 aromatic heterocycles. The molecule has 4 aromatic rings. The topological polar surface area (TPSA) is 96.2 Å². The van der Waals surface area contributed by atoms with Crippen LogP contribution in [-0.2, 0) is 4.79 Å². The molecule has 0 bridgehead atoms. The molecule has 0 radical (unpaired) electrons. The lowest BCUT2D eigenvalue weighted by Crippen LogP contribution is -2.49. The number of anilines is 1. The fourth-order valence-corrected chi connectivity index (χ4v) is 5.91. The smallest absolute Gasteiger partial charge is 0.272 e. The molecule has 6 rings (SSSR count).